The molecular weight excluding hydrogens is 548 g/mol. The third kappa shape index (κ3) is 4.13. The summed E-state index contributed by atoms with van der Waals surface area (Å²) in [5.41, 5.74) is 10.9. The Labute approximate surface area is 260 Å². The van der Waals surface area contributed by atoms with E-state index in [0.29, 0.717) is 0 Å². The molecule has 3 nitrogen and oxygen atoms in total. The molecule has 0 saturated heterocycles. The number of aromatic nitrogens is 1. The maximum Gasteiger partial charge on any atom is 0.136 e. The maximum absolute atomic E-state index is 6.23. The van der Waals surface area contributed by atoms with Gasteiger partial charge >= 0.3 is 0 Å². The molecule has 0 aliphatic heterocycles. The molecule has 7 aromatic carbocycles. The van der Waals surface area contributed by atoms with Crippen molar-refractivity contribution in [1.82, 2.24) is 4.57 Å². The van der Waals surface area contributed by atoms with Gasteiger partial charge in [-0.2, -0.15) is 0 Å². The van der Waals surface area contributed by atoms with E-state index in [1.807, 2.05) is 12.1 Å². The highest BCUT2D eigenvalue weighted by molar-refractivity contribution is 6.12. The average molecular weight is 577 g/mol. The van der Waals surface area contributed by atoms with E-state index in [1.54, 1.807) is 0 Å². The molecule has 0 bridgehead atoms. The van der Waals surface area contributed by atoms with Crippen molar-refractivity contribution >= 4 is 60.8 Å². The molecule has 2 heterocycles. The van der Waals surface area contributed by atoms with Crippen LogP contribution in [0.25, 0.3) is 60.6 Å². The van der Waals surface area contributed by atoms with Crippen LogP contribution in [0.5, 0.6) is 0 Å². The zero-order valence-corrected chi connectivity index (χ0v) is 24.5. The van der Waals surface area contributed by atoms with Gasteiger partial charge in [-0.15, -0.1) is 0 Å². The normalized spacial score (nSPS) is 11.6. The fraction of sp³-hybridized carbons (Fsp3) is 0. The second-order valence-corrected chi connectivity index (χ2v) is 11.4. The molecular formula is C42H28N2O. The molecule has 9 aromatic rings. The predicted octanol–water partition coefficient (Wildman–Crippen LogP) is 11.8. The van der Waals surface area contributed by atoms with Crippen molar-refractivity contribution < 1.29 is 4.42 Å². The molecule has 0 aliphatic rings. The van der Waals surface area contributed by atoms with E-state index in [9.17, 15) is 0 Å². The van der Waals surface area contributed by atoms with Gasteiger partial charge < -0.3 is 13.9 Å². The Balaban J connectivity index is 1.23. The lowest BCUT2D eigenvalue weighted by Crippen LogP contribution is -2.10. The van der Waals surface area contributed by atoms with Crippen LogP contribution in [0.1, 0.15) is 0 Å². The molecule has 0 amide bonds. The molecule has 3 heteroatoms. The minimum Gasteiger partial charge on any atom is -0.456 e. The van der Waals surface area contributed by atoms with Crippen LogP contribution < -0.4 is 4.90 Å². The predicted molar refractivity (Wildman–Crippen MR) is 188 cm³/mol. The van der Waals surface area contributed by atoms with Gasteiger partial charge in [0.15, 0.2) is 0 Å². The Morgan fingerprint density at radius 2 is 1.00 bits per heavy atom. The number of para-hydroxylation sites is 4. The smallest absolute Gasteiger partial charge is 0.136 e. The number of rotatable bonds is 5. The summed E-state index contributed by atoms with van der Waals surface area (Å²) >= 11 is 0. The SMILES string of the molecule is c1ccc(N(c2cccc(-c3cccc4oc5ccccc5c34)c2)c2cccc(-n3c4ccccc4c4ccccc43)c2)cc1. The third-order valence-corrected chi connectivity index (χ3v) is 8.76. The highest BCUT2D eigenvalue weighted by Gasteiger charge is 2.18. The van der Waals surface area contributed by atoms with Crippen molar-refractivity contribution in [3.05, 3.63) is 170 Å². The number of furan rings is 1. The summed E-state index contributed by atoms with van der Waals surface area (Å²) in [5.74, 6) is 0. The van der Waals surface area contributed by atoms with E-state index in [1.165, 1.54) is 21.8 Å². The van der Waals surface area contributed by atoms with Gasteiger partial charge in [0.05, 0.1) is 11.0 Å². The summed E-state index contributed by atoms with van der Waals surface area (Å²) in [7, 11) is 0. The first kappa shape index (κ1) is 25.4. The number of anilines is 3. The van der Waals surface area contributed by atoms with E-state index >= 15 is 0 Å². The molecule has 0 aliphatic carbocycles. The van der Waals surface area contributed by atoms with Crippen LogP contribution >= 0.6 is 0 Å². The molecule has 0 spiro atoms. The van der Waals surface area contributed by atoms with Crippen molar-refractivity contribution in [3.63, 3.8) is 0 Å². The van der Waals surface area contributed by atoms with Crippen molar-refractivity contribution in [1.29, 1.82) is 0 Å². The molecule has 0 unspecified atom stereocenters. The van der Waals surface area contributed by atoms with Crippen molar-refractivity contribution in [3.8, 4) is 16.8 Å². The van der Waals surface area contributed by atoms with Crippen LogP contribution in [0.4, 0.5) is 17.1 Å². The van der Waals surface area contributed by atoms with Crippen LogP contribution in [0.15, 0.2) is 174 Å². The first-order chi connectivity index (χ1) is 22.3. The minimum atomic E-state index is 0.901. The zero-order valence-electron chi connectivity index (χ0n) is 24.5. The quantitative estimate of drug-likeness (QED) is 0.203. The Kier molecular flexibility index (Phi) is 5.82. The van der Waals surface area contributed by atoms with Gasteiger partial charge in [-0.05, 0) is 77.9 Å². The first-order valence-corrected chi connectivity index (χ1v) is 15.3. The van der Waals surface area contributed by atoms with E-state index < -0.39 is 0 Å². The van der Waals surface area contributed by atoms with E-state index in [0.717, 1.165) is 55.8 Å². The van der Waals surface area contributed by atoms with Crippen LogP contribution in [0, 0.1) is 0 Å². The number of nitrogens with zero attached hydrogens (tertiary/aromatic N) is 2. The topological polar surface area (TPSA) is 21.3 Å². The lowest BCUT2D eigenvalue weighted by Gasteiger charge is -2.26. The van der Waals surface area contributed by atoms with Crippen LogP contribution in [0.3, 0.4) is 0 Å². The maximum atomic E-state index is 6.23. The van der Waals surface area contributed by atoms with Crippen molar-refractivity contribution in [2.24, 2.45) is 0 Å². The van der Waals surface area contributed by atoms with E-state index in [2.05, 4.69) is 167 Å². The first-order valence-electron chi connectivity index (χ1n) is 15.3. The van der Waals surface area contributed by atoms with Crippen LogP contribution in [-0.4, -0.2) is 4.57 Å². The summed E-state index contributed by atoms with van der Waals surface area (Å²) in [6.45, 7) is 0. The summed E-state index contributed by atoms with van der Waals surface area (Å²) in [6.07, 6.45) is 0. The zero-order chi connectivity index (χ0) is 29.7. The van der Waals surface area contributed by atoms with Gasteiger partial charge in [-0.25, -0.2) is 0 Å². The third-order valence-electron chi connectivity index (χ3n) is 8.76. The standard InChI is InChI=1S/C42H28N2O/c1-2-14-30(15-3-1)43(31-16-10-13-29(27-31)34-22-12-26-41-42(34)37-21-6-9-25-40(37)45-41)32-17-11-18-33(28-32)44-38-23-7-4-19-35(38)36-20-5-8-24-39(36)44/h1-28H. The molecule has 0 atom stereocenters. The molecule has 0 fully saturated rings. The molecule has 0 saturated carbocycles. The van der Waals surface area contributed by atoms with Crippen LogP contribution in [-0.2, 0) is 0 Å². The molecule has 9 rings (SSSR count). The fourth-order valence-electron chi connectivity index (χ4n) is 6.82. The van der Waals surface area contributed by atoms with Gasteiger partial charge in [0, 0.05) is 44.3 Å². The number of fused-ring (bicyclic) bond motifs is 6. The fourth-order valence-corrected chi connectivity index (χ4v) is 6.82. The van der Waals surface area contributed by atoms with Crippen LogP contribution in [0.2, 0.25) is 0 Å². The Morgan fingerprint density at radius 1 is 0.422 bits per heavy atom. The monoisotopic (exact) mass is 576 g/mol. The summed E-state index contributed by atoms with van der Waals surface area (Å²) in [6, 6.07) is 60.2. The number of hydrogen-bond donors (Lipinski definition) is 0. The van der Waals surface area contributed by atoms with E-state index in [4.69, 9.17) is 4.42 Å². The highest BCUT2D eigenvalue weighted by Crippen LogP contribution is 2.41. The van der Waals surface area contributed by atoms with Gasteiger partial charge in [-0.1, -0.05) is 103 Å². The van der Waals surface area contributed by atoms with Gasteiger partial charge in [0.2, 0.25) is 0 Å². The van der Waals surface area contributed by atoms with Gasteiger partial charge in [0.1, 0.15) is 11.2 Å². The second kappa shape index (κ2) is 10.3. The molecule has 45 heavy (non-hydrogen) atoms. The summed E-state index contributed by atoms with van der Waals surface area (Å²) < 4.78 is 8.60. The minimum absolute atomic E-state index is 0.901. The van der Waals surface area contributed by atoms with Crippen molar-refractivity contribution in [2.75, 3.05) is 4.90 Å². The lowest BCUT2D eigenvalue weighted by atomic mass is 9.98. The highest BCUT2D eigenvalue weighted by atomic mass is 16.3. The van der Waals surface area contributed by atoms with Crippen molar-refractivity contribution in [2.45, 2.75) is 0 Å². The Hall–Kier alpha value is -6.06. The second-order valence-electron chi connectivity index (χ2n) is 11.4. The molecule has 2 aromatic heterocycles. The number of benzene rings is 7. The van der Waals surface area contributed by atoms with Gasteiger partial charge in [-0.3, -0.25) is 0 Å². The Morgan fingerprint density at radius 3 is 1.78 bits per heavy atom. The average Bonchev–Trinajstić information content (AvgIpc) is 3.65. The largest absolute Gasteiger partial charge is 0.456 e. The molecule has 212 valence electrons. The summed E-state index contributed by atoms with van der Waals surface area (Å²) in [4.78, 5) is 2.34. The molecule has 0 radical (unpaired) electrons. The van der Waals surface area contributed by atoms with Gasteiger partial charge in [0.25, 0.3) is 0 Å². The summed E-state index contributed by atoms with van der Waals surface area (Å²) in [5, 5.41) is 4.79. The number of hydrogen-bond acceptors (Lipinski definition) is 2. The van der Waals surface area contributed by atoms with E-state index in [-0.39, 0.29) is 0 Å². The lowest BCUT2D eigenvalue weighted by molar-refractivity contribution is 0.669. The molecule has 0 N–H and O–H groups in total. The Bertz CT molecular complexity index is 2450.